The molecule has 1 heterocycles. The highest BCUT2D eigenvalue weighted by Gasteiger charge is 2.24. The molecule has 0 unspecified atom stereocenters. The molecule has 1 fully saturated rings. The topological polar surface area (TPSA) is 49.9 Å². The van der Waals surface area contributed by atoms with E-state index in [4.69, 9.17) is 4.74 Å². The number of carbonyl (C=O) groups is 2. The molecule has 0 aliphatic carbocycles. The number of ketones is 1. The fourth-order valence-corrected chi connectivity index (χ4v) is 2.30. The van der Waals surface area contributed by atoms with Crippen LogP contribution in [0.15, 0.2) is 24.3 Å². The molecule has 0 N–H and O–H groups in total. The van der Waals surface area contributed by atoms with Gasteiger partial charge >= 0.3 is 5.97 Å². The third kappa shape index (κ3) is 3.17. The summed E-state index contributed by atoms with van der Waals surface area (Å²) in [6.07, 6.45) is 0. The van der Waals surface area contributed by atoms with Crippen molar-refractivity contribution in [1.29, 1.82) is 0 Å². The Bertz CT molecular complexity index is 494. The Kier molecular flexibility index (Phi) is 4.74. The number of esters is 1. The van der Waals surface area contributed by atoms with Gasteiger partial charge in [0.05, 0.1) is 12.2 Å². The third-order valence-electron chi connectivity index (χ3n) is 3.45. The predicted octanol–water partition coefficient (Wildman–Crippen LogP) is 1.18. The molecule has 0 saturated carbocycles. The van der Waals surface area contributed by atoms with E-state index in [-0.39, 0.29) is 6.61 Å². The second kappa shape index (κ2) is 6.52. The number of nitrogens with zero attached hydrogens (tertiary/aromatic N) is 2. The van der Waals surface area contributed by atoms with Crippen molar-refractivity contribution in [2.75, 3.05) is 44.7 Å². The molecule has 1 aromatic carbocycles. The van der Waals surface area contributed by atoms with Crippen LogP contribution >= 0.6 is 0 Å². The molecule has 20 heavy (non-hydrogen) atoms. The number of rotatable bonds is 4. The average molecular weight is 276 g/mol. The lowest BCUT2D eigenvalue weighted by atomic mass is 10.1. The Labute approximate surface area is 119 Å². The van der Waals surface area contributed by atoms with Crippen molar-refractivity contribution < 1.29 is 14.3 Å². The molecule has 1 aromatic rings. The maximum Gasteiger partial charge on any atom is 0.379 e. The third-order valence-corrected chi connectivity index (χ3v) is 3.45. The van der Waals surface area contributed by atoms with Crippen LogP contribution in [0.25, 0.3) is 0 Å². The van der Waals surface area contributed by atoms with Gasteiger partial charge in [-0.1, -0.05) is 12.1 Å². The molecule has 2 rings (SSSR count). The normalized spacial score (nSPS) is 16.0. The van der Waals surface area contributed by atoms with Crippen molar-refractivity contribution in [1.82, 2.24) is 4.90 Å². The van der Waals surface area contributed by atoms with E-state index >= 15 is 0 Å². The van der Waals surface area contributed by atoms with Crippen molar-refractivity contribution in [2.45, 2.75) is 6.92 Å². The first-order valence-electron chi connectivity index (χ1n) is 6.87. The molecule has 0 spiro atoms. The maximum absolute atomic E-state index is 12.2. The van der Waals surface area contributed by atoms with E-state index in [2.05, 4.69) is 16.8 Å². The Morgan fingerprint density at radius 2 is 1.80 bits per heavy atom. The second-order valence-corrected chi connectivity index (χ2v) is 4.86. The van der Waals surface area contributed by atoms with E-state index in [1.165, 1.54) is 0 Å². The Morgan fingerprint density at radius 1 is 1.15 bits per heavy atom. The first kappa shape index (κ1) is 14.5. The van der Waals surface area contributed by atoms with E-state index in [9.17, 15) is 9.59 Å². The number of anilines is 1. The minimum Gasteiger partial charge on any atom is -0.460 e. The molecular formula is C15H20N2O3. The Morgan fingerprint density at radius 3 is 2.45 bits per heavy atom. The number of Topliss-reactive ketones (excluding diaryl/α,β-unsaturated/α-hetero) is 1. The van der Waals surface area contributed by atoms with Crippen LogP contribution in [0.1, 0.15) is 17.3 Å². The zero-order chi connectivity index (χ0) is 14.5. The number of likely N-dealkylation sites (N-methyl/N-ethyl adjacent to an activating group) is 1. The molecular weight excluding hydrogens is 256 g/mol. The summed E-state index contributed by atoms with van der Waals surface area (Å²) in [5.41, 5.74) is 1.24. The summed E-state index contributed by atoms with van der Waals surface area (Å²) in [6.45, 7) is 5.50. The molecule has 0 aromatic heterocycles. The fourth-order valence-electron chi connectivity index (χ4n) is 2.30. The van der Waals surface area contributed by atoms with Crippen LogP contribution in [0.5, 0.6) is 0 Å². The molecule has 5 heteroatoms. The van der Waals surface area contributed by atoms with Crippen LogP contribution in [0.2, 0.25) is 0 Å². The molecule has 0 bridgehead atoms. The fraction of sp³-hybridized carbons (Fsp3) is 0.467. The average Bonchev–Trinajstić information content (AvgIpc) is 2.47. The van der Waals surface area contributed by atoms with Crippen molar-refractivity contribution in [3.05, 3.63) is 29.8 Å². The second-order valence-electron chi connectivity index (χ2n) is 4.86. The van der Waals surface area contributed by atoms with Gasteiger partial charge in [0, 0.05) is 31.9 Å². The van der Waals surface area contributed by atoms with Gasteiger partial charge in [0.25, 0.3) is 5.78 Å². The Hall–Kier alpha value is -1.88. The van der Waals surface area contributed by atoms with Crippen molar-refractivity contribution in [2.24, 2.45) is 0 Å². The number of para-hydroxylation sites is 1. The maximum atomic E-state index is 12.2. The minimum absolute atomic E-state index is 0.210. The van der Waals surface area contributed by atoms with E-state index in [1.54, 1.807) is 19.1 Å². The van der Waals surface area contributed by atoms with Crippen LogP contribution in [-0.4, -0.2) is 56.5 Å². The van der Waals surface area contributed by atoms with E-state index < -0.39 is 11.8 Å². The summed E-state index contributed by atoms with van der Waals surface area (Å²) in [5.74, 6) is -1.35. The summed E-state index contributed by atoms with van der Waals surface area (Å²) in [5, 5.41) is 0. The number of ether oxygens (including phenoxy) is 1. The van der Waals surface area contributed by atoms with Gasteiger partial charge in [0.2, 0.25) is 0 Å². The van der Waals surface area contributed by atoms with Crippen LogP contribution in [0, 0.1) is 0 Å². The van der Waals surface area contributed by atoms with Gasteiger partial charge in [-0.2, -0.15) is 0 Å². The molecule has 0 amide bonds. The quantitative estimate of drug-likeness (QED) is 0.469. The smallest absolute Gasteiger partial charge is 0.379 e. The number of hydrogen-bond acceptors (Lipinski definition) is 5. The lowest BCUT2D eigenvalue weighted by Crippen LogP contribution is -2.45. The standard InChI is InChI=1S/C15H20N2O3/c1-3-20-15(19)14(18)12-6-4-5-7-13(12)17-10-8-16(2)9-11-17/h4-7H,3,8-11H2,1-2H3. The van der Waals surface area contributed by atoms with Gasteiger partial charge in [0.15, 0.2) is 0 Å². The molecule has 0 atom stereocenters. The summed E-state index contributed by atoms with van der Waals surface area (Å²) < 4.78 is 4.80. The van der Waals surface area contributed by atoms with Crippen LogP contribution in [0.4, 0.5) is 5.69 Å². The molecule has 5 nitrogen and oxygen atoms in total. The van der Waals surface area contributed by atoms with Gasteiger partial charge in [-0.05, 0) is 26.1 Å². The first-order chi connectivity index (χ1) is 9.63. The summed E-state index contributed by atoms with van der Waals surface area (Å²) in [6, 6.07) is 7.23. The van der Waals surface area contributed by atoms with Crippen LogP contribution < -0.4 is 4.90 Å². The highest BCUT2D eigenvalue weighted by molar-refractivity contribution is 6.41. The highest BCUT2D eigenvalue weighted by atomic mass is 16.5. The van der Waals surface area contributed by atoms with Crippen molar-refractivity contribution >= 4 is 17.4 Å². The number of piperazine rings is 1. The van der Waals surface area contributed by atoms with E-state index in [0.717, 1.165) is 31.9 Å². The minimum atomic E-state index is -0.783. The van der Waals surface area contributed by atoms with Gasteiger partial charge < -0.3 is 14.5 Å². The SMILES string of the molecule is CCOC(=O)C(=O)c1ccccc1N1CCN(C)CC1. The highest BCUT2D eigenvalue weighted by Crippen LogP contribution is 2.22. The van der Waals surface area contributed by atoms with Crippen molar-refractivity contribution in [3.63, 3.8) is 0 Å². The monoisotopic (exact) mass is 276 g/mol. The molecule has 1 aliphatic heterocycles. The predicted molar refractivity (Wildman–Crippen MR) is 77.1 cm³/mol. The van der Waals surface area contributed by atoms with Gasteiger partial charge in [-0.15, -0.1) is 0 Å². The summed E-state index contributed by atoms with van der Waals surface area (Å²) in [7, 11) is 2.08. The number of carbonyl (C=O) groups excluding carboxylic acids is 2. The zero-order valence-corrected chi connectivity index (χ0v) is 12.0. The summed E-state index contributed by atoms with van der Waals surface area (Å²) in [4.78, 5) is 28.2. The first-order valence-corrected chi connectivity index (χ1v) is 6.87. The number of benzene rings is 1. The van der Waals surface area contributed by atoms with E-state index in [0.29, 0.717) is 5.56 Å². The molecule has 1 saturated heterocycles. The lowest BCUT2D eigenvalue weighted by Gasteiger charge is -2.34. The zero-order valence-electron chi connectivity index (χ0n) is 12.0. The van der Waals surface area contributed by atoms with Gasteiger partial charge in [-0.25, -0.2) is 4.79 Å². The molecule has 1 aliphatic rings. The molecule has 0 radical (unpaired) electrons. The van der Waals surface area contributed by atoms with Crippen molar-refractivity contribution in [3.8, 4) is 0 Å². The Balaban J connectivity index is 2.22. The van der Waals surface area contributed by atoms with Crippen LogP contribution in [-0.2, 0) is 9.53 Å². The van der Waals surface area contributed by atoms with Gasteiger partial charge in [0.1, 0.15) is 0 Å². The van der Waals surface area contributed by atoms with E-state index in [1.807, 2.05) is 12.1 Å². The van der Waals surface area contributed by atoms with Gasteiger partial charge in [-0.3, -0.25) is 4.79 Å². The van der Waals surface area contributed by atoms with Crippen LogP contribution in [0.3, 0.4) is 0 Å². The number of hydrogen-bond donors (Lipinski definition) is 0. The lowest BCUT2D eigenvalue weighted by molar-refractivity contribution is -0.137. The molecule has 108 valence electrons. The largest absolute Gasteiger partial charge is 0.460 e. The summed E-state index contributed by atoms with van der Waals surface area (Å²) >= 11 is 0.